The minimum Gasteiger partial charge on any atom is -0.379 e. The fraction of sp³-hybridized carbons (Fsp3) is 0.615. The summed E-state index contributed by atoms with van der Waals surface area (Å²) in [5.74, 6) is -0.171. The van der Waals surface area contributed by atoms with Crippen LogP contribution in [0.2, 0.25) is 0 Å². The van der Waals surface area contributed by atoms with Gasteiger partial charge in [0.15, 0.2) is 0 Å². The smallest absolute Gasteiger partial charge is 0.254 e. The summed E-state index contributed by atoms with van der Waals surface area (Å²) in [5.41, 5.74) is 0.412. The van der Waals surface area contributed by atoms with Crippen LogP contribution in [0, 0.1) is 0 Å². The zero-order valence-electron chi connectivity index (χ0n) is 13.1. The third-order valence-electron chi connectivity index (χ3n) is 3.43. The first-order valence-corrected chi connectivity index (χ1v) is 9.35. The Morgan fingerprint density at radius 2 is 2.09 bits per heavy atom. The van der Waals surface area contributed by atoms with Gasteiger partial charge in [0.05, 0.1) is 18.8 Å². The Morgan fingerprint density at radius 1 is 1.43 bits per heavy atom. The van der Waals surface area contributed by atoms with Crippen LogP contribution in [0.15, 0.2) is 15.7 Å². The van der Waals surface area contributed by atoms with Gasteiger partial charge >= 0.3 is 0 Å². The summed E-state index contributed by atoms with van der Waals surface area (Å²) in [6.45, 7) is 2.77. The zero-order valence-corrected chi connectivity index (χ0v) is 15.6. The van der Waals surface area contributed by atoms with Gasteiger partial charge in [0.2, 0.25) is 0 Å². The molecule has 0 unspecified atom stereocenters. The maximum absolute atomic E-state index is 12.5. The topological polar surface area (TPSA) is 79.0 Å². The van der Waals surface area contributed by atoms with Gasteiger partial charge in [-0.15, -0.1) is 23.7 Å². The molecule has 0 radical (unpaired) electrons. The molecule has 23 heavy (non-hydrogen) atoms. The van der Waals surface area contributed by atoms with Gasteiger partial charge in [-0.05, 0) is 13.1 Å². The highest BCUT2D eigenvalue weighted by Crippen LogP contribution is 2.25. The second-order valence-corrected chi connectivity index (χ2v) is 8.08. The summed E-state index contributed by atoms with van der Waals surface area (Å²) in [6.07, 6.45) is 0. The van der Waals surface area contributed by atoms with Crippen LogP contribution in [0.25, 0.3) is 0 Å². The number of halogens is 1. The summed E-state index contributed by atoms with van der Waals surface area (Å²) in [5, 5.41) is 4.57. The Kier molecular flexibility index (Phi) is 7.91. The zero-order chi connectivity index (χ0) is 16.2. The van der Waals surface area contributed by atoms with E-state index in [0.29, 0.717) is 45.0 Å². The SMILES string of the molecule is CNCCN(C)C(=O)c1csc(S(=O)(=O)N2CCOCC2)c1.Cl. The number of amides is 1. The van der Waals surface area contributed by atoms with Gasteiger partial charge in [-0.2, -0.15) is 4.31 Å². The van der Waals surface area contributed by atoms with Crippen LogP contribution in [0.1, 0.15) is 10.4 Å². The molecule has 1 fully saturated rings. The standard InChI is InChI=1S/C13H21N3O4S2.ClH/c1-14-3-4-15(2)13(17)11-9-12(21-10-11)22(18,19)16-5-7-20-8-6-16;/h9-10,14H,3-8H2,1-2H3;1H. The molecule has 1 N–H and O–H groups in total. The van der Waals surface area contributed by atoms with Gasteiger partial charge < -0.3 is 15.0 Å². The molecule has 1 aromatic rings. The van der Waals surface area contributed by atoms with E-state index >= 15 is 0 Å². The minimum atomic E-state index is -3.53. The van der Waals surface area contributed by atoms with Crippen LogP contribution in [0.3, 0.4) is 0 Å². The number of thiophene rings is 1. The van der Waals surface area contributed by atoms with Crippen LogP contribution in [0.5, 0.6) is 0 Å². The van der Waals surface area contributed by atoms with Gasteiger partial charge in [0, 0.05) is 38.6 Å². The fourth-order valence-electron chi connectivity index (χ4n) is 2.08. The Balaban J connectivity index is 0.00000264. The average Bonchev–Trinajstić information content (AvgIpc) is 3.03. The lowest BCUT2D eigenvalue weighted by Gasteiger charge is -2.25. The molecule has 10 heteroatoms. The van der Waals surface area contributed by atoms with Gasteiger partial charge in [-0.1, -0.05) is 0 Å². The van der Waals surface area contributed by atoms with Crippen molar-refractivity contribution in [1.82, 2.24) is 14.5 Å². The number of rotatable bonds is 6. The predicted molar refractivity (Wildman–Crippen MR) is 92.0 cm³/mol. The molecule has 0 saturated carbocycles. The predicted octanol–water partition coefficient (Wildman–Crippen LogP) is 0.482. The largest absolute Gasteiger partial charge is 0.379 e. The highest BCUT2D eigenvalue weighted by molar-refractivity contribution is 7.91. The first kappa shape index (κ1) is 20.3. The van der Waals surface area contributed by atoms with Crippen molar-refractivity contribution in [2.75, 3.05) is 53.5 Å². The molecule has 0 aromatic carbocycles. The summed E-state index contributed by atoms with van der Waals surface area (Å²) in [7, 11) is -0.0113. The molecule has 2 rings (SSSR count). The van der Waals surface area contributed by atoms with Gasteiger partial charge in [0.25, 0.3) is 15.9 Å². The Morgan fingerprint density at radius 3 is 2.70 bits per heavy atom. The maximum Gasteiger partial charge on any atom is 0.254 e. The van der Waals surface area contributed by atoms with Crippen molar-refractivity contribution >= 4 is 39.7 Å². The van der Waals surface area contributed by atoms with Gasteiger partial charge in [0.1, 0.15) is 4.21 Å². The van der Waals surface area contributed by atoms with E-state index in [2.05, 4.69) is 5.32 Å². The molecule has 0 spiro atoms. The van der Waals surface area contributed by atoms with E-state index in [4.69, 9.17) is 4.74 Å². The number of sulfonamides is 1. The van der Waals surface area contributed by atoms with E-state index in [9.17, 15) is 13.2 Å². The molecule has 132 valence electrons. The number of nitrogens with zero attached hydrogens (tertiary/aromatic N) is 2. The van der Waals surface area contributed by atoms with Crippen molar-refractivity contribution < 1.29 is 17.9 Å². The monoisotopic (exact) mass is 383 g/mol. The van der Waals surface area contributed by atoms with Crippen LogP contribution in [-0.2, 0) is 14.8 Å². The number of hydrogen-bond donors (Lipinski definition) is 1. The summed E-state index contributed by atoms with van der Waals surface area (Å²) in [6, 6.07) is 1.47. The molecule has 1 aliphatic heterocycles. The number of likely N-dealkylation sites (N-methyl/N-ethyl adjacent to an activating group) is 2. The number of carbonyl (C=O) groups is 1. The van der Waals surface area contributed by atoms with Crippen LogP contribution in [0.4, 0.5) is 0 Å². The van der Waals surface area contributed by atoms with Crippen molar-refractivity contribution in [3.63, 3.8) is 0 Å². The van der Waals surface area contributed by atoms with Crippen LogP contribution < -0.4 is 5.32 Å². The second kappa shape index (κ2) is 8.95. The number of nitrogens with one attached hydrogen (secondary N) is 1. The molecule has 0 aliphatic carbocycles. The van der Waals surface area contributed by atoms with Crippen molar-refractivity contribution in [2.45, 2.75) is 4.21 Å². The first-order valence-electron chi connectivity index (χ1n) is 7.03. The van der Waals surface area contributed by atoms with E-state index in [-0.39, 0.29) is 22.5 Å². The maximum atomic E-state index is 12.5. The van der Waals surface area contributed by atoms with E-state index in [1.54, 1.807) is 17.3 Å². The number of carbonyl (C=O) groups excluding carboxylic acids is 1. The lowest BCUT2D eigenvalue weighted by molar-refractivity contribution is 0.0731. The molecular formula is C13H22ClN3O4S2. The van der Waals surface area contributed by atoms with E-state index in [1.165, 1.54) is 10.4 Å². The Labute approximate surface area is 147 Å². The number of morpholine rings is 1. The van der Waals surface area contributed by atoms with E-state index in [1.807, 2.05) is 7.05 Å². The summed E-state index contributed by atoms with van der Waals surface area (Å²) in [4.78, 5) is 13.8. The average molecular weight is 384 g/mol. The molecule has 2 heterocycles. The Hall–Kier alpha value is -0.710. The summed E-state index contributed by atoms with van der Waals surface area (Å²) < 4.78 is 31.8. The number of hydrogen-bond acceptors (Lipinski definition) is 6. The third-order valence-corrected chi connectivity index (χ3v) is 6.74. The van der Waals surface area contributed by atoms with Gasteiger partial charge in [-0.3, -0.25) is 4.79 Å². The summed E-state index contributed by atoms with van der Waals surface area (Å²) >= 11 is 1.09. The molecule has 1 aliphatic rings. The molecular weight excluding hydrogens is 362 g/mol. The Bertz CT molecular complexity index is 614. The van der Waals surface area contributed by atoms with Crippen LogP contribution >= 0.6 is 23.7 Å². The second-order valence-electron chi connectivity index (χ2n) is 5.00. The lowest BCUT2D eigenvalue weighted by Crippen LogP contribution is -2.40. The first-order chi connectivity index (χ1) is 10.5. The highest BCUT2D eigenvalue weighted by atomic mass is 35.5. The van der Waals surface area contributed by atoms with E-state index < -0.39 is 10.0 Å². The third kappa shape index (κ3) is 4.88. The fourth-order valence-corrected chi connectivity index (χ4v) is 4.79. The van der Waals surface area contributed by atoms with Crippen molar-refractivity contribution in [1.29, 1.82) is 0 Å². The van der Waals surface area contributed by atoms with Crippen molar-refractivity contribution in [2.24, 2.45) is 0 Å². The number of ether oxygens (including phenoxy) is 1. The molecule has 0 bridgehead atoms. The quantitative estimate of drug-likeness (QED) is 0.773. The molecule has 1 saturated heterocycles. The van der Waals surface area contributed by atoms with Crippen molar-refractivity contribution in [3.8, 4) is 0 Å². The molecule has 7 nitrogen and oxygen atoms in total. The van der Waals surface area contributed by atoms with Gasteiger partial charge in [-0.25, -0.2) is 8.42 Å². The lowest BCUT2D eigenvalue weighted by atomic mass is 10.3. The molecule has 0 atom stereocenters. The van der Waals surface area contributed by atoms with E-state index in [0.717, 1.165) is 11.3 Å². The van der Waals surface area contributed by atoms with Crippen LogP contribution in [-0.4, -0.2) is 77.0 Å². The van der Waals surface area contributed by atoms with Crippen molar-refractivity contribution in [3.05, 3.63) is 17.0 Å². The normalized spacial score (nSPS) is 15.9. The molecule has 1 aromatic heterocycles. The molecule has 1 amide bonds. The minimum absolute atomic E-state index is 0. The highest BCUT2D eigenvalue weighted by Gasteiger charge is 2.28.